The molecule has 3 aromatic rings. The van der Waals surface area contributed by atoms with Crippen molar-refractivity contribution >= 4 is 11.9 Å². The lowest BCUT2D eigenvalue weighted by Gasteiger charge is -2.28. The minimum absolute atomic E-state index is 0.0139. The normalized spacial score (nSPS) is 14.4. The quantitative estimate of drug-likeness (QED) is 0.287. The minimum Gasteiger partial charge on any atom is -0.508 e. The molecule has 34 heavy (non-hydrogen) atoms. The Morgan fingerprint density at radius 1 is 0.588 bits per heavy atom. The van der Waals surface area contributed by atoms with E-state index in [1.165, 1.54) is 38.1 Å². The maximum absolute atomic E-state index is 12.0. The Kier molecular flexibility index (Phi) is 6.18. The van der Waals surface area contributed by atoms with Crippen molar-refractivity contribution in [3.05, 3.63) is 71.8 Å². The first-order chi connectivity index (χ1) is 15.8. The third-order valence-electron chi connectivity index (χ3n) is 5.19. The maximum Gasteiger partial charge on any atom is 0.352 e. The third-order valence-corrected chi connectivity index (χ3v) is 5.19. The zero-order chi connectivity index (χ0) is 25.3. The van der Waals surface area contributed by atoms with Crippen molar-refractivity contribution in [1.29, 1.82) is 0 Å². The van der Waals surface area contributed by atoms with Gasteiger partial charge in [-0.3, -0.25) is 0 Å². The molecule has 0 aromatic heterocycles. The van der Waals surface area contributed by atoms with E-state index in [0.29, 0.717) is 0 Å². The molecule has 0 amide bonds. The standard InChI is InChI=1S/C24H22O10/c1-23(21(29)30,13-7-15(25)11-16(26)8-13)33-19-3-5-20(6-4-19)34-24(2,22(31)32)14-9-17(27)12-18(28)10-14/h3-12,25-28H,1-2H3,(H,29,30)(H,31,32). The summed E-state index contributed by atoms with van der Waals surface area (Å²) in [5.74, 6) is -4.01. The third kappa shape index (κ3) is 4.75. The molecule has 6 N–H and O–H groups in total. The van der Waals surface area contributed by atoms with Crippen LogP contribution in [0.5, 0.6) is 34.5 Å². The van der Waals surface area contributed by atoms with Crippen molar-refractivity contribution in [3.63, 3.8) is 0 Å². The van der Waals surface area contributed by atoms with E-state index in [1.807, 2.05) is 0 Å². The van der Waals surface area contributed by atoms with Gasteiger partial charge in [-0.2, -0.15) is 0 Å². The number of hydrogen-bond acceptors (Lipinski definition) is 8. The number of carboxylic acid groups (broad SMARTS) is 2. The van der Waals surface area contributed by atoms with E-state index in [4.69, 9.17) is 9.47 Å². The molecule has 3 aromatic carbocycles. The Hall–Kier alpha value is -4.60. The van der Waals surface area contributed by atoms with Crippen LogP contribution >= 0.6 is 0 Å². The number of aliphatic carboxylic acids is 2. The second-order valence-corrected chi connectivity index (χ2v) is 7.83. The first kappa shape index (κ1) is 24.1. The summed E-state index contributed by atoms with van der Waals surface area (Å²) in [7, 11) is 0. The highest BCUT2D eigenvalue weighted by Crippen LogP contribution is 2.36. The summed E-state index contributed by atoms with van der Waals surface area (Å²) < 4.78 is 11.3. The summed E-state index contributed by atoms with van der Waals surface area (Å²) in [6, 6.07) is 12.1. The highest BCUT2D eigenvalue weighted by molar-refractivity contribution is 5.80. The van der Waals surface area contributed by atoms with Crippen LogP contribution in [0.3, 0.4) is 0 Å². The fraction of sp³-hybridized carbons (Fsp3) is 0.167. The Balaban J connectivity index is 1.90. The smallest absolute Gasteiger partial charge is 0.352 e. The number of hydrogen-bond donors (Lipinski definition) is 6. The van der Waals surface area contributed by atoms with Crippen molar-refractivity contribution in [1.82, 2.24) is 0 Å². The predicted octanol–water partition coefficient (Wildman–Crippen LogP) is 3.27. The molecule has 0 spiro atoms. The number of carbonyl (C=O) groups is 2. The molecule has 0 aliphatic carbocycles. The first-order valence-electron chi connectivity index (χ1n) is 9.85. The summed E-state index contributed by atoms with van der Waals surface area (Å²) in [4.78, 5) is 23.9. The summed E-state index contributed by atoms with van der Waals surface area (Å²) >= 11 is 0. The molecule has 0 saturated carbocycles. The van der Waals surface area contributed by atoms with Gasteiger partial charge in [-0.1, -0.05) is 0 Å². The van der Waals surface area contributed by atoms with Crippen molar-refractivity contribution in [3.8, 4) is 34.5 Å². The van der Waals surface area contributed by atoms with E-state index in [2.05, 4.69) is 0 Å². The number of ether oxygens (including phenoxy) is 2. The zero-order valence-electron chi connectivity index (χ0n) is 18.1. The summed E-state index contributed by atoms with van der Waals surface area (Å²) in [5, 5.41) is 58.4. The zero-order valence-corrected chi connectivity index (χ0v) is 18.1. The van der Waals surface area contributed by atoms with Gasteiger partial charge in [0.1, 0.15) is 34.5 Å². The van der Waals surface area contributed by atoms with Gasteiger partial charge in [0.2, 0.25) is 11.2 Å². The van der Waals surface area contributed by atoms with Crippen LogP contribution in [-0.4, -0.2) is 42.6 Å². The molecule has 2 atom stereocenters. The SMILES string of the molecule is CC(Oc1ccc(OC(C)(C(=O)O)c2cc(O)cc(O)c2)cc1)(C(=O)O)c1cc(O)cc(O)c1. The highest BCUT2D eigenvalue weighted by atomic mass is 16.5. The van der Waals surface area contributed by atoms with Crippen molar-refractivity contribution in [2.45, 2.75) is 25.0 Å². The van der Waals surface area contributed by atoms with Crippen LogP contribution in [0.2, 0.25) is 0 Å². The molecule has 0 bridgehead atoms. The van der Waals surface area contributed by atoms with Gasteiger partial charge in [0.25, 0.3) is 0 Å². The lowest BCUT2D eigenvalue weighted by Crippen LogP contribution is -2.39. The highest BCUT2D eigenvalue weighted by Gasteiger charge is 2.40. The molecule has 0 aliphatic rings. The van der Waals surface area contributed by atoms with E-state index in [0.717, 1.165) is 36.4 Å². The molecular weight excluding hydrogens is 448 g/mol. The van der Waals surface area contributed by atoms with Crippen LogP contribution in [0.15, 0.2) is 60.7 Å². The molecule has 3 rings (SSSR count). The molecular formula is C24H22O10. The number of carboxylic acids is 2. The number of phenols is 4. The molecule has 0 aliphatic heterocycles. The largest absolute Gasteiger partial charge is 0.508 e. The van der Waals surface area contributed by atoms with Crippen molar-refractivity contribution in [2.24, 2.45) is 0 Å². The first-order valence-corrected chi connectivity index (χ1v) is 9.85. The van der Waals surface area contributed by atoms with Gasteiger partial charge in [-0.15, -0.1) is 0 Å². The molecule has 10 nitrogen and oxygen atoms in total. The second-order valence-electron chi connectivity index (χ2n) is 7.83. The van der Waals surface area contributed by atoms with Gasteiger partial charge < -0.3 is 40.1 Å². The van der Waals surface area contributed by atoms with Crippen LogP contribution in [-0.2, 0) is 20.8 Å². The van der Waals surface area contributed by atoms with E-state index in [1.54, 1.807) is 0 Å². The van der Waals surface area contributed by atoms with Gasteiger partial charge in [0.05, 0.1) is 0 Å². The lowest BCUT2D eigenvalue weighted by molar-refractivity contribution is -0.155. The van der Waals surface area contributed by atoms with E-state index in [-0.39, 0.29) is 45.6 Å². The predicted molar refractivity (Wildman–Crippen MR) is 117 cm³/mol. The van der Waals surface area contributed by atoms with Gasteiger partial charge in [0.15, 0.2) is 0 Å². The Bertz CT molecular complexity index is 1100. The molecule has 0 radical (unpaired) electrons. The maximum atomic E-state index is 12.0. The number of aromatic hydroxyl groups is 4. The van der Waals surface area contributed by atoms with Crippen molar-refractivity contribution < 1.29 is 49.7 Å². The van der Waals surface area contributed by atoms with Crippen LogP contribution in [0.1, 0.15) is 25.0 Å². The van der Waals surface area contributed by atoms with Gasteiger partial charge in [-0.25, -0.2) is 9.59 Å². The number of rotatable bonds is 8. The van der Waals surface area contributed by atoms with Gasteiger partial charge in [-0.05, 0) is 62.4 Å². The molecule has 0 fully saturated rings. The molecule has 178 valence electrons. The lowest BCUT2D eigenvalue weighted by atomic mass is 9.95. The average Bonchev–Trinajstić information content (AvgIpc) is 2.73. The van der Waals surface area contributed by atoms with Crippen LogP contribution in [0, 0.1) is 0 Å². The van der Waals surface area contributed by atoms with E-state index < -0.39 is 23.1 Å². The van der Waals surface area contributed by atoms with E-state index >= 15 is 0 Å². The summed E-state index contributed by atoms with van der Waals surface area (Å²) in [6.45, 7) is 2.48. The second kappa shape index (κ2) is 8.74. The van der Waals surface area contributed by atoms with Gasteiger partial charge >= 0.3 is 11.9 Å². The molecule has 10 heteroatoms. The number of phenolic OH excluding ortho intramolecular Hbond substituents is 4. The fourth-order valence-electron chi connectivity index (χ4n) is 3.24. The minimum atomic E-state index is -1.98. The van der Waals surface area contributed by atoms with Crippen LogP contribution in [0.4, 0.5) is 0 Å². The molecule has 0 heterocycles. The Labute approximate surface area is 193 Å². The van der Waals surface area contributed by atoms with Gasteiger partial charge in [0, 0.05) is 23.3 Å². The molecule has 2 unspecified atom stereocenters. The number of benzene rings is 3. The Morgan fingerprint density at radius 3 is 1.09 bits per heavy atom. The Morgan fingerprint density at radius 2 is 0.853 bits per heavy atom. The molecule has 0 saturated heterocycles. The average molecular weight is 470 g/mol. The summed E-state index contributed by atoms with van der Waals surface area (Å²) in [6.07, 6.45) is 0. The van der Waals surface area contributed by atoms with Crippen molar-refractivity contribution in [2.75, 3.05) is 0 Å². The van der Waals surface area contributed by atoms with Crippen LogP contribution in [0.25, 0.3) is 0 Å². The monoisotopic (exact) mass is 470 g/mol. The topological polar surface area (TPSA) is 174 Å². The van der Waals surface area contributed by atoms with Crippen LogP contribution < -0.4 is 9.47 Å². The van der Waals surface area contributed by atoms with E-state index in [9.17, 15) is 40.2 Å². The summed E-state index contributed by atoms with van der Waals surface area (Å²) in [5.41, 5.74) is -3.99. The fourth-order valence-corrected chi connectivity index (χ4v) is 3.24.